The third kappa shape index (κ3) is 2.90. The number of anilines is 1. The molecule has 0 spiro atoms. The fourth-order valence-corrected chi connectivity index (χ4v) is 1.35. The van der Waals surface area contributed by atoms with Crippen LogP contribution in [0.2, 0.25) is 0 Å². The predicted octanol–water partition coefficient (Wildman–Crippen LogP) is 1.34. The van der Waals surface area contributed by atoms with Crippen molar-refractivity contribution in [2.24, 2.45) is 5.84 Å². The summed E-state index contributed by atoms with van der Waals surface area (Å²) in [5.74, 6) is 4.69. The second-order valence-electron chi connectivity index (χ2n) is 2.89. The summed E-state index contributed by atoms with van der Waals surface area (Å²) in [5.41, 5.74) is 4.66. The highest BCUT2D eigenvalue weighted by molar-refractivity contribution is 6.17. The van der Waals surface area contributed by atoms with Crippen molar-refractivity contribution in [1.82, 2.24) is 0 Å². The number of nitrogens with one attached hydrogen (secondary N) is 1. The van der Waals surface area contributed by atoms with Crippen molar-refractivity contribution in [1.29, 1.82) is 0 Å². The van der Waals surface area contributed by atoms with E-state index in [-0.39, 0.29) is 6.42 Å². The van der Waals surface area contributed by atoms with Crippen LogP contribution in [0.3, 0.4) is 0 Å². The molecule has 0 heterocycles. The van der Waals surface area contributed by atoms with E-state index in [0.717, 1.165) is 5.56 Å². The van der Waals surface area contributed by atoms with Crippen LogP contribution < -0.4 is 11.3 Å². The smallest absolute Gasteiger partial charge is 0.307 e. The van der Waals surface area contributed by atoms with Gasteiger partial charge in [-0.3, -0.25) is 10.6 Å². The second-order valence-corrected chi connectivity index (χ2v) is 3.15. The number of carboxylic acid groups (broad SMARTS) is 1. The van der Waals surface area contributed by atoms with E-state index in [1.165, 1.54) is 0 Å². The van der Waals surface area contributed by atoms with Gasteiger partial charge in [-0.25, -0.2) is 0 Å². The minimum atomic E-state index is -0.875. The number of nitrogens with two attached hydrogens (primary N) is 1. The zero-order valence-electron chi connectivity index (χ0n) is 7.46. The summed E-state index contributed by atoms with van der Waals surface area (Å²) in [6.45, 7) is 0. The Balaban J connectivity index is 2.98. The SMILES string of the molecule is NNc1cc(CCl)cc(CC(=O)O)c1. The van der Waals surface area contributed by atoms with Gasteiger partial charge in [0.25, 0.3) is 0 Å². The molecule has 5 heteroatoms. The summed E-state index contributed by atoms with van der Waals surface area (Å²) in [7, 11) is 0. The second kappa shape index (κ2) is 4.83. The lowest BCUT2D eigenvalue weighted by molar-refractivity contribution is -0.136. The molecule has 0 radical (unpaired) electrons. The Bertz CT molecular complexity index is 319. The first-order chi connectivity index (χ1) is 6.65. The van der Waals surface area contributed by atoms with Crippen LogP contribution in [0.5, 0.6) is 0 Å². The Morgan fingerprint density at radius 3 is 2.57 bits per heavy atom. The van der Waals surface area contributed by atoms with Gasteiger partial charge in [0.05, 0.1) is 6.42 Å². The fourth-order valence-electron chi connectivity index (χ4n) is 1.20. The number of alkyl halides is 1. The summed E-state index contributed by atoms with van der Waals surface area (Å²) in [4.78, 5) is 10.5. The molecule has 0 aromatic heterocycles. The molecule has 0 atom stereocenters. The Morgan fingerprint density at radius 1 is 1.43 bits per heavy atom. The van der Waals surface area contributed by atoms with Gasteiger partial charge in [0.15, 0.2) is 0 Å². The van der Waals surface area contributed by atoms with E-state index in [9.17, 15) is 4.79 Å². The third-order valence-corrected chi connectivity index (χ3v) is 2.04. The number of rotatable bonds is 4. The molecule has 76 valence electrons. The number of hydrogen-bond donors (Lipinski definition) is 3. The normalized spacial score (nSPS) is 9.86. The standard InChI is InChI=1S/C9H11ClN2O2/c10-5-7-1-6(4-9(13)14)2-8(3-7)12-11/h1-3,12H,4-5,11H2,(H,13,14). The van der Waals surface area contributed by atoms with Crippen LogP contribution in [0.4, 0.5) is 5.69 Å². The number of hydrazine groups is 1. The van der Waals surface area contributed by atoms with E-state index in [2.05, 4.69) is 5.43 Å². The van der Waals surface area contributed by atoms with Crippen molar-refractivity contribution in [2.45, 2.75) is 12.3 Å². The van der Waals surface area contributed by atoms with Gasteiger partial charge in [0, 0.05) is 11.6 Å². The lowest BCUT2D eigenvalue weighted by Gasteiger charge is -2.05. The first-order valence-electron chi connectivity index (χ1n) is 4.03. The predicted molar refractivity (Wildman–Crippen MR) is 55.1 cm³/mol. The zero-order chi connectivity index (χ0) is 10.6. The average Bonchev–Trinajstić information content (AvgIpc) is 2.16. The van der Waals surface area contributed by atoms with Crippen LogP contribution in [0.15, 0.2) is 18.2 Å². The lowest BCUT2D eigenvalue weighted by Crippen LogP contribution is -2.08. The molecule has 0 amide bonds. The van der Waals surface area contributed by atoms with Crippen LogP contribution >= 0.6 is 11.6 Å². The largest absolute Gasteiger partial charge is 0.481 e. The highest BCUT2D eigenvalue weighted by Crippen LogP contribution is 2.16. The summed E-state index contributed by atoms with van der Waals surface area (Å²) >= 11 is 5.65. The fraction of sp³-hybridized carbons (Fsp3) is 0.222. The molecule has 1 aromatic rings. The van der Waals surface area contributed by atoms with E-state index in [0.29, 0.717) is 17.1 Å². The molecule has 4 nitrogen and oxygen atoms in total. The minimum Gasteiger partial charge on any atom is -0.481 e. The van der Waals surface area contributed by atoms with E-state index < -0.39 is 5.97 Å². The molecule has 0 aliphatic rings. The van der Waals surface area contributed by atoms with Gasteiger partial charge < -0.3 is 10.5 Å². The van der Waals surface area contributed by atoms with E-state index in [1.54, 1.807) is 18.2 Å². The number of benzene rings is 1. The molecule has 0 saturated heterocycles. The number of hydrogen-bond acceptors (Lipinski definition) is 3. The molecule has 0 aliphatic carbocycles. The van der Waals surface area contributed by atoms with Crippen LogP contribution in [0.25, 0.3) is 0 Å². The molecule has 0 saturated carbocycles. The van der Waals surface area contributed by atoms with Crippen molar-refractivity contribution in [3.8, 4) is 0 Å². The Labute approximate surface area is 86.6 Å². The van der Waals surface area contributed by atoms with Gasteiger partial charge in [-0.1, -0.05) is 6.07 Å². The van der Waals surface area contributed by atoms with E-state index in [1.807, 2.05) is 0 Å². The quantitative estimate of drug-likeness (QED) is 0.402. The van der Waals surface area contributed by atoms with Crippen molar-refractivity contribution >= 4 is 23.3 Å². The topological polar surface area (TPSA) is 75.3 Å². The van der Waals surface area contributed by atoms with Crippen molar-refractivity contribution in [3.05, 3.63) is 29.3 Å². The van der Waals surface area contributed by atoms with Crippen molar-refractivity contribution in [2.75, 3.05) is 5.43 Å². The number of nitrogen functional groups attached to an aromatic ring is 1. The molecule has 0 bridgehead atoms. The Kier molecular flexibility index (Phi) is 3.73. The molecule has 1 rings (SSSR count). The van der Waals surface area contributed by atoms with Crippen LogP contribution in [0, 0.1) is 0 Å². The maximum absolute atomic E-state index is 10.5. The molecular formula is C9H11ClN2O2. The highest BCUT2D eigenvalue weighted by Gasteiger charge is 2.03. The Morgan fingerprint density at radius 2 is 2.07 bits per heavy atom. The van der Waals surface area contributed by atoms with Gasteiger partial charge in [0.2, 0.25) is 0 Å². The zero-order valence-corrected chi connectivity index (χ0v) is 8.21. The maximum atomic E-state index is 10.5. The van der Waals surface area contributed by atoms with Crippen LogP contribution in [-0.2, 0) is 17.1 Å². The van der Waals surface area contributed by atoms with Crippen molar-refractivity contribution in [3.63, 3.8) is 0 Å². The summed E-state index contributed by atoms with van der Waals surface area (Å²) in [6.07, 6.45) is -0.0284. The highest BCUT2D eigenvalue weighted by atomic mass is 35.5. The third-order valence-electron chi connectivity index (χ3n) is 1.73. The monoisotopic (exact) mass is 214 g/mol. The van der Waals surface area contributed by atoms with Crippen molar-refractivity contribution < 1.29 is 9.90 Å². The minimum absolute atomic E-state index is 0.0284. The summed E-state index contributed by atoms with van der Waals surface area (Å²) < 4.78 is 0. The van der Waals surface area contributed by atoms with Crippen LogP contribution in [0.1, 0.15) is 11.1 Å². The maximum Gasteiger partial charge on any atom is 0.307 e. The molecule has 4 N–H and O–H groups in total. The summed E-state index contributed by atoms with van der Waals surface area (Å²) in [6, 6.07) is 5.21. The first kappa shape index (κ1) is 10.8. The van der Waals surface area contributed by atoms with Gasteiger partial charge in [-0.05, 0) is 23.3 Å². The lowest BCUT2D eigenvalue weighted by atomic mass is 10.1. The number of carbonyl (C=O) groups is 1. The summed E-state index contributed by atoms with van der Waals surface area (Å²) in [5, 5.41) is 8.61. The molecule has 14 heavy (non-hydrogen) atoms. The molecule has 0 fully saturated rings. The van der Waals surface area contributed by atoms with Gasteiger partial charge in [0.1, 0.15) is 0 Å². The number of halogens is 1. The molecular weight excluding hydrogens is 204 g/mol. The molecule has 0 unspecified atom stereocenters. The van der Waals surface area contributed by atoms with Gasteiger partial charge in [-0.15, -0.1) is 11.6 Å². The first-order valence-corrected chi connectivity index (χ1v) is 4.56. The van der Waals surface area contributed by atoms with Gasteiger partial charge >= 0.3 is 5.97 Å². The van der Waals surface area contributed by atoms with Gasteiger partial charge in [-0.2, -0.15) is 0 Å². The van der Waals surface area contributed by atoms with E-state index in [4.69, 9.17) is 22.6 Å². The number of carboxylic acids is 1. The molecule has 0 aliphatic heterocycles. The van der Waals surface area contributed by atoms with Crippen LogP contribution in [-0.4, -0.2) is 11.1 Å². The average molecular weight is 215 g/mol. The number of aliphatic carboxylic acids is 1. The van der Waals surface area contributed by atoms with E-state index >= 15 is 0 Å². The Hall–Kier alpha value is -1.26. The molecule has 1 aromatic carbocycles.